The van der Waals surface area contributed by atoms with Gasteiger partial charge in [0.15, 0.2) is 0 Å². The normalized spacial score (nSPS) is 22.0. The van der Waals surface area contributed by atoms with Crippen molar-refractivity contribution >= 4 is 11.9 Å². The molecule has 1 aliphatic carbocycles. The van der Waals surface area contributed by atoms with E-state index in [1.807, 2.05) is 11.9 Å². The highest BCUT2D eigenvalue weighted by molar-refractivity contribution is 5.78. The van der Waals surface area contributed by atoms with Gasteiger partial charge < -0.3 is 10.4 Å². The minimum atomic E-state index is -0.780. The SMILES string of the molecule is CN(CC(=O)O)C1CCN(CC(=O)NC2CCCCCC2)CC1. The third-order valence-electron chi connectivity index (χ3n) is 5.15. The van der Waals surface area contributed by atoms with Crippen LogP contribution < -0.4 is 5.32 Å². The van der Waals surface area contributed by atoms with Crippen LogP contribution in [0.4, 0.5) is 0 Å². The van der Waals surface area contributed by atoms with Gasteiger partial charge in [-0.05, 0) is 32.7 Å². The lowest BCUT2D eigenvalue weighted by Gasteiger charge is -2.36. The second-order valence-corrected chi connectivity index (χ2v) is 7.07. The second-order valence-electron chi connectivity index (χ2n) is 7.07. The molecule has 0 bridgehead atoms. The van der Waals surface area contributed by atoms with Crippen molar-refractivity contribution in [3.8, 4) is 0 Å². The number of rotatable bonds is 6. The number of piperidine rings is 1. The number of carboxylic acid groups (broad SMARTS) is 1. The molecule has 1 aliphatic heterocycles. The molecule has 0 aromatic rings. The van der Waals surface area contributed by atoms with Crippen LogP contribution in [0.15, 0.2) is 0 Å². The summed E-state index contributed by atoms with van der Waals surface area (Å²) >= 11 is 0. The summed E-state index contributed by atoms with van der Waals surface area (Å²) in [5, 5.41) is 12.1. The van der Waals surface area contributed by atoms with Gasteiger partial charge in [-0.1, -0.05) is 25.7 Å². The van der Waals surface area contributed by atoms with Gasteiger partial charge in [0.2, 0.25) is 5.91 Å². The van der Waals surface area contributed by atoms with Crippen LogP contribution in [-0.2, 0) is 9.59 Å². The Morgan fingerprint density at radius 3 is 2.26 bits per heavy atom. The molecule has 6 heteroatoms. The number of amides is 1. The Kier molecular flexibility index (Phi) is 7.30. The molecule has 1 heterocycles. The first-order valence-electron chi connectivity index (χ1n) is 8.98. The van der Waals surface area contributed by atoms with E-state index >= 15 is 0 Å². The number of carbonyl (C=O) groups excluding carboxylic acids is 1. The van der Waals surface area contributed by atoms with E-state index in [-0.39, 0.29) is 12.5 Å². The Morgan fingerprint density at radius 1 is 1.09 bits per heavy atom. The number of likely N-dealkylation sites (N-methyl/N-ethyl adjacent to an activating group) is 1. The molecule has 6 nitrogen and oxygen atoms in total. The van der Waals surface area contributed by atoms with Crippen molar-refractivity contribution < 1.29 is 14.7 Å². The van der Waals surface area contributed by atoms with Gasteiger partial charge in [-0.2, -0.15) is 0 Å². The third-order valence-corrected chi connectivity index (χ3v) is 5.15. The topological polar surface area (TPSA) is 72.9 Å². The average Bonchev–Trinajstić information content (AvgIpc) is 2.75. The van der Waals surface area contributed by atoms with E-state index in [0.29, 0.717) is 18.6 Å². The Bertz CT molecular complexity index is 387. The van der Waals surface area contributed by atoms with Gasteiger partial charge in [-0.15, -0.1) is 0 Å². The summed E-state index contributed by atoms with van der Waals surface area (Å²) in [6.07, 6.45) is 9.15. The number of likely N-dealkylation sites (tertiary alicyclic amines) is 1. The van der Waals surface area contributed by atoms with E-state index < -0.39 is 5.97 Å². The van der Waals surface area contributed by atoms with Gasteiger partial charge in [0, 0.05) is 25.2 Å². The van der Waals surface area contributed by atoms with E-state index in [0.717, 1.165) is 38.8 Å². The van der Waals surface area contributed by atoms with Crippen LogP contribution >= 0.6 is 0 Å². The van der Waals surface area contributed by atoms with Gasteiger partial charge >= 0.3 is 5.97 Å². The lowest BCUT2D eigenvalue weighted by molar-refractivity contribution is -0.138. The molecule has 0 spiro atoms. The van der Waals surface area contributed by atoms with Gasteiger partial charge in [0.05, 0.1) is 13.1 Å². The van der Waals surface area contributed by atoms with Gasteiger partial charge in [0.25, 0.3) is 0 Å². The molecule has 0 atom stereocenters. The molecule has 23 heavy (non-hydrogen) atoms. The van der Waals surface area contributed by atoms with Crippen LogP contribution in [0.2, 0.25) is 0 Å². The first kappa shape index (κ1) is 18.2. The highest BCUT2D eigenvalue weighted by Gasteiger charge is 2.25. The molecule has 0 radical (unpaired) electrons. The minimum absolute atomic E-state index is 0.0901. The van der Waals surface area contributed by atoms with Crippen LogP contribution in [0.3, 0.4) is 0 Å². The smallest absolute Gasteiger partial charge is 0.317 e. The summed E-state index contributed by atoms with van der Waals surface area (Å²) in [5.74, 6) is -0.632. The average molecular weight is 325 g/mol. The maximum absolute atomic E-state index is 12.2. The van der Waals surface area contributed by atoms with E-state index in [2.05, 4.69) is 10.2 Å². The molecule has 1 amide bonds. The minimum Gasteiger partial charge on any atom is -0.480 e. The van der Waals surface area contributed by atoms with E-state index in [4.69, 9.17) is 5.11 Å². The molecule has 0 aromatic heterocycles. The third kappa shape index (κ3) is 6.47. The predicted octanol–water partition coefficient (Wildman–Crippen LogP) is 1.31. The van der Waals surface area contributed by atoms with Crippen LogP contribution in [0.25, 0.3) is 0 Å². The number of nitrogens with one attached hydrogen (secondary N) is 1. The summed E-state index contributed by atoms with van der Waals surface area (Å²) in [4.78, 5) is 27.1. The second kappa shape index (κ2) is 9.23. The fraction of sp³-hybridized carbons (Fsp3) is 0.882. The number of nitrogens with zero attached hydrogens (tertiary/aromatic N) is 2. The highest BCUT2D eigenvalue weighted by atomic mass is 16.4. The predicted molar refractivity (Wildman–Crippen MR) is 89.4 cm³/mol. The molecule has 0 unspecified atom stereocenters. The Morgan fingerprint density at radius 2 is 1.70 bits per heavy atom. The molecular formula is C17H31N3O3. The quantitative estimate of drug-likeness (QED) is 0.720. The summed E-state index contributed by atoms with van der Waals surface area (Å²) < 4.78 is 0. The number of hydrogen-bond donors (Lipinski definition) is 2. The molecule has 1 saturated carbocycles. The molecule has 132 valence electrons. The van der Waals surface area contributed by atoms with Crippen molar-refractivity contribution in [2.45, 2.75) is 63.5 Å². The standard InChI is InChI=1S/C17H31N3O3/c1-19(13-17(22)23)15-8-10-20(11-9-15)12-16(21)18-14-6-4-2-3-5-7-14/h14-15H,2-13H2,1H3,(H,18,21)(H,22,23). The zero-order valence-electron chi connectivity index (χ0n) is 14.3. The van der Waals surface area contributed by atoms with Gasteiger partial charge in [-0.3, -0.25) is 19.4 Å². The van der Waals surface area contributed by atoms with Crippen molar-refractivity contribution in [1.29, 1.82) is 0 Å². The summed E-state index contributed by atoms with van der Waals surface area (Å²) in [5.41, 5.74) is 0. The lowest BCUT2D eigenvalue weighted by Crippen LogP contribution is -2.48. The number of carbonyl (C=O) groups is 2. The van der Waals surface area contributed by atoms with Crippen LogP contribution in [-0.4, -0.2) is 72.1 Å². The molecule has 2 rings (SSSR count). The Hall–Kier alpha value is -1.14. The van der Waals surface area contributed by atoms with Crippen molar-refractivity contribution in [2.75, 3.05) is 33.2 Å². The zero-order valence-corrected chi connectivity index (χ0v) is 14.3. The molecule has 2 N–H and O–H groups in total. The molecule has 2 aliphatic rings. The molecule has 0 aromatic carbocycles. The summed E-state index contributed by atoms with van der Waals surface area (Å²) in [6, 6.07) is 0.677. The number of aliphatic carboxylic acids is 1. The summed E-state index contributed by atoms with van der Waals surface area (Å²) in [6.45, 7) is 2.30. The Labute approximate surface area is 139 Å². The van der Waals surface area contributed by atoms with Crippen molar-refractivity contribution in [3.63, 3.8) is 0 Å². The molecule has 2 fully saturated rings. The fourth-order valence-corrected chi connectivity index (χ4v) is 3.76. The van der Waals surface area contributed by atoms with E-state index in [1.165, 1.54) is 25.7 Å². The number of hydrogen-bond acceptors (Lipinski definition) is 4. The zero-order chi connectivity index (χ0) is 16.7. The monoisotopic (exact) mass is 325 g/mol. The van der Waals surface area contributed by atoms with E-state index in [1.54, 1.807) is 0 Å². The van der Waals surface area contributed by atoms with Crippen LogP contribution in [0.5, 0.6) is 0 Å². The maximum Gasteiger partial charge on any atom is 0.317 e. The molecular weight excluding hydrogens is 294 g/mol. The number of carboxylic acids is 1. The van der Waals surface area contributed by atoms with Crippen molar-refractivity contribution in [1.82, 2.24) is 15.1 Å². The first-order valence-corrected chi connectivity index (χ1v) is 8.98. The summed E-state index contributed by atoms with van der Waals surface area (Å²) in [7, 11) is 1.87. The maximum atomic E-state index is 12.2. The fourth-order valence-electron chi connectivity index (χ4n) is 3.76. The van der Waals surface area contributed by atoms with Gasteiger partial charge in [0.1, 0.15) is 0 Å². The van der Waals surface area contributed by atoms with Crippen molar-refractivity contribution in [2.24, 2.45) is 0 Å². The van der Waals surface area contributed by atoms with Crippen LogP contribution in [0.1, 0.15) is 51.4 Å². The Balaban J connectivity index is 1.67. The lowest BCUT2D eigenvalue weighted by atomic mass is 10.0. The molecule has 1 saturated heterocycles. The first-order chi connectivity index (χ1) is 11.0. The van der Waals surface area contributed by atoms with Crippen LogP contribution in [0, 0.1) is 0 Å². The highest BCUT2D eigenvalue weighted by Crippen LogP contribution is 2.18. The van der Waals surface area contributed by atoms with Gasteiger partial charge in [-0.25, -0.2) is 0 Å². The van der Waals surface area contributed by atoms with E-state index in [9.17, 15) is 9.59 Å². The van der Waals surface area contributed by atoms with Crippen molar-refractivity contribution in [3.05, 3.63) is 0 Å². The largest absolute Gasteiger partial charge is 0.480 e.